The van der Waals surface area contributed by atoms with E-state index in [2.05, 4.69) is 57.2 Å². The topological polar surface area (TPSA) is 17.1 Å². The smallest absolute Gasteiger partial charge is 0.140 e. The fourth-order valence-corrected chi connectivity index (χ4v) is 5.26. The summed E-state index contributed by atoms with van der Waals surface area (Å²) in [4.78, 5) is 0. The molecular formula is C18H23OP. The molecule has 2 rings (SSSR count). The molecule has 0 aliphatic rings. The minimum absolute atomic E-state index is 0.972. The van der Waals surface area contributed by atoms with Crippen molar-refractivity contribution in [2.75, 3.05) is 6.66 Å². The molecule has 0 saturated heterocycles. The first-order chi connectivity index (χ1) is 9.36. The van der Waals surface area contributed by atoms with Crippen LogP contribution in [0.15, 0.2) is 36.4 Å². The minimum Gasteiger partial charge on any atom is -0.314 e. The molecule has 1 nitrogen and oxygen atoms in total. The molecule has 0 bridgehead atoms. The van der Waals surface area contributed by atoms with Gasteiger partial charge in [-0.05, 0) is 62.7 Å². The zero-order valence-corrected chi connectivity index (χ0v) is 13.9. The zero-order valence-electron chi connectivity index (χ0n) is 13.0. The Labute approximate surface area is 122 Å². The van der Waals surface area contributed by atoms with Crippen LogP contribution in [-0.4, -0.2) is 6.66 Å². The van der Waals surface area contributed by atoms with Crippen LogP contribution in [0.25, 0.3) is 0 Å². The van der Waals surface area contributed by atoms with E-state index in [-0.39, 0.29) is 0 Å². The molecule has 0 saturated carbocycles. The second kappa shape index (κ2) is 5.58. The van der Waals surface area contributed by atoms with Crippen molar-refractivity contribution in [1.29, 1.82) is 0 Å². The van der Waals surface area contributed by atoms with Gasteiger partial charge in [-0.1, -0.05) is 36.8 Å². The second-order valence-corrected chi connectivity index (χ2v) is 8.50. The third-order valence-electron chi connectivity index (χ3n) is 3.97. The van der Waals surface area contributed by atoms with Gasteiger partial charge in [0.25, 0.3) is 0 Å². The summed E-state index contributed by atoms with van der Waals surface area (Å²) in [5, 5.41) is 2.00. The molecule has 0 fully saturated rings. The maximum Gasteiger partial charge on any atom is 0.140 e. The van der Waals surface area contributed by atoms with Gasteiger partial charge in [0.05, 0.1) is 0 Å². The van der Waals surface area contributed by atoms with E-state index in [0.717, 1.165) is 33.7 Å². The molecule has 0 aliphatic carbocycles. The van der Waals surface area contributed by atoms with Crippen molar-refractivity contribution < 1.29 is 4.57 Å². The van der Waals surface area contributed by atoms with E-state index in [1.165, 1.54) is 5.56 Å². The van der Waals surface area contributed by atoms with Gasteiger partial charge in [0.15, 0.2) is 0 Å². The molecule has 106 valence electrons. The Morgan fingerprint density at radius 1 is 0.900 bits per heavy atom. The van der Waals surface area contributed by atoms with Crippen LogP contribution in [0.3, 0.4) is 0 Å². The Hall–Kier alpha value is -1.33. The summed E-state index contributed by atoms with van der Waals surface area (Å²) < 4.78 is 13.5. The fraction of sp³-hybridized carbons (Fsp3) is 0.333. The Bertz CT molecular complexity index is 686. The van der Waals surface area contributed by atoms with Crippen LogP contribution in [0, 0.1) is 20.8 Å². The standard InChI is InChI=1S/C18H23OP/c1-6-16-10-9-15(4)18(12-16)20(5,19)17-11-13(2)7-8-14(17)3/h7-12H,6H2,1-5H3. The molecule has 0 radical (unpaired) electrons. The van der Waals surface area contributed by atoms with Gasteiger partial charge in [0, 0.05) is 10.6 Å². The summed E-state index contributed by atoms with van der Waals surface area (Å²) in [5.74, 6) is 0. The summed E-state index contributed by atoms with van der Waals surface area (Å²) in [6, 6.07) is 12.6. The van der Waals surface area contributed by atoms with Gasteiger partial charge in [-0.15, -0.1) is 0 Å². The summed E-state index contributed by atoms with van der Waals surface area (Å²) in [6.07, 6.45) is 0.972. The highest BCUT2D eigenvalue weighted by molar-refractivity contribution is 7.78. The number of benzene rings is 2. The molecule has 0 aromatic heterocycles. The predicted molar refractivity (Wildman–Crippen MR) is 89.3 cm³/mol. The van der Waals surface area contributed by atoms with Crippen molar-refractivity contribution in [3.8, 4) is 0 Å². The van der Waals surface area contributed by atoms with Crippen molar-refractivity contribution in [3.63, 3.8) is 0 Å². The van der Waals surface area contributed by atoms with Gasteiger partial charge in [-0.2, -0.15) is 0 Å². The van der Waals surface area contributed by atoms with E-state index in [4.69, 9.17) is 0 Å². The first-order valence-corrected chi connectivity index (χ1v) is 9.27. The molecular weight excluding hydrogens is 263 g/mol. The summed E-state index contributed by atoms with van der Waals surface area (Å²) >= 11 is 0. The molecule has 2 aromatic rings. The molecule has 0 spiro atoms. The Kier molecular flexibility index (Phi) is 4.20. The molecule has 0 aliphatic heterocycles. The van der Waals surface area contributed by atoms with Crippen LogP contribution in [0.4, 0.5) is 0 Å². The monoisotopic (exact) mass is 286 g/mol. The van der Waals surface area contributed by atoms with E-state index >= 15 is 0 Å². The minimum atomic E-state index is -2.54. The van der Waals surface area contributed by atoms with E-state index < -0.39 is 7.14 Å². The van der Waals surface area contributed by atoms with Crippen molar-refractivity contribution in [2.45, 2.75) is 34.1 Å². The van der Waals surface area contributed by atoms with Crippen LogP contribution in [0.5, 0.6) is 0 Å². The fourth-order valence-electron chi connectivity index (χ4n) is 2.64. The van der Waals surface area contributed by atoms with Gasteiger partial charge >= 0.3 is 0 Å². The van der Waals surface area contributed by atoms with E-state index in [9.17, 15) is 4.57 Å². The van der Waals surface area contributed by atoms with E-state index in [1.807, 2.05) is 13.6 Å². The van der Waals surface area contributed by atoms with Crippen molar-refractivity contribution in [2.24, 2.45) is 0 Å². The second-order valence-electron chi connectivity index (χ2n) is 5.69. The summed E-state index contributed by atoms with van der Waals surface area (Å²) in [7, 11) is -2.54. The highest BCUT2D eigenvalue weighted by Crippen LogP contribution is 2.41. The molecule has 2 aromatic carbocycles. The van der Waals surface area contributed by atoms with Crippen LogP contribution >= 0.6 is 7.14 Å². The van der Waals surface area contributed by atoms with Gasteiger partial charge in [-0.3, -0.25) is 0 Å². The lowest BCUT2D eigenvalue weighted by Gasteiger charge is -2.20. The lowest BCUT2D eigenvalue weighted by atomic mass is 10.1. The Balaban J connectivity index is 2.66. The molecule has 1 unspecified atom stereocenters. The quantitative estimate of drug-likeness (QED) is 0.776. The number of hydrogen-bond acceptors (Lipinski definition) is 1. The molecule has 0 amide bonds. The molecule has 20 heavy (non-hydrogen) atoms. The average Bonchev–Trinajstić information content (AvgIpc) is 2.41. The lowest BCUT2D eigenvalue weighted by molar-refractivity contribution is 0.590. The SMILES string of the molecule is CCc1ccc(C)c(P(C)(=O)c2cc(C)ccc2C)c1. The molecule has 0 N–H and O–H groups in total. The van der Waals surface area contributed by atoms with Gasteiger partial charge in [0.1, 0.15) is 7.14 Å². The third kappa shape index (κ3) is 2.74. The molecule has 0 heterocycles. The van der Waals surface area contributed by atoms with E-state index in [1.54, 1.807) is 0 Å². The predicted octanol–water partition coefficient (Wildman–Crippen LogP) is 4.12. The van der Waals surface area contributed by atoms with Crippen LogP contribution < -0.4 is 10.6 Å². The normalized spacial score (nSPS) is 14.1. The lowest BCUT2D eigenvalue weighted by Crippen LogP contribution is -2.20. The number of hydrogen-bond donors (Lipinski definition) is 0. The van der Waals surface area contributed by atoms with Crippen molar-refractivity contribution in [3.05, 3.63) is 58.7 Å². The highest BCUT2D eigenvalue weighted by Gasteiger charge is 2.25. The number of aryl methyl sites for hydroxylation is 4. The van der Waals surface area contributed by atoms with Crippen molar-refractivity contribution in [1.82, 2.24) is 0 Å². The van der Waals surface area contributed by atoms with Gasteiger partial charge < -0.3 is 4.57 Å². The summed E-state index contributed by atoms with van der Waals surface area (Å²) in [6.45, 7) is 10.2. The number of rotatable bonds is 3. The molecule has 2 heteroatoms. The van der Waals surface area contributed by atoms with Gasteiger partial charge in [-0.25, -0.2) is 0 Å². The van der Waals surface area contributed by atoms with Crippen molar-refractivity contribution >= 4 is 17.8 Å². The van der Waals surface area contributed by atoms with Crippen LogP contribution in [0.2, 0.25) is 0 Å². The first kappa shape index (κ1) is 15.1. The maximum absolute atomic E-state index is 13.5. The zero-order chi connectivity index (χ0) is 14.9. The van der Waals surface area contributed by atoms with Crippen LogP contribution in [0.1, 0.15) is 29.2 Å². The highest BCUT2D eigenvalue weighted by atomic mass is 31.2. The summed E-state index contributed by atoms with van der Waals surface area (Å²) in [5.41, 5.74) is 4.65. The Morgan fingerprint density at radius 3 is 2.05 bits per heavy atom. The van der Waals surface area contributed by atoms with Gasteiger partial charge in [0.2, 0.25) is 0 Å². The largest absolute Gasteiger partial charge is 0.314 e. The Morgan fingerprint density at radius 2 is 1.45 bits per heavy atom. The first-order valence-electron chi connectivity index (χ1n) is 7.11. The maximum atomic E-state index is 13.5. The average molecular weight is 286 g/mol. The molecule has 1 atom stereocenters. The van der Waals surface area contributed by atoms with E-state index in [0.29, 0.717) is 0 Å². The third-order valence-corrected chi connectivity index (χ3v) is 6.77. The van der Waals surface area contributed by atoms with Crippen LogP contribution in [-0.2, 0) is 11.0 Å².